The number of amides is 1. The van der Waals surface area contributed by atoms with Crippen molar-refractivity contribution in [2.24, 2.45) is 0 Å². The second-order valence-corrected chi connectivity index (χ2v) is 7.53. The van der Waals surface area contributed by atoms with Crippen LogP contribution in [-0.4, -0.2) is 50.2 Å². The molecule has 0 bridgehead atoms. The van der Waals surface area contributed by atoms with Crippen molar-refractivity contribution in [1.82, 2.24) is 25.3 Å². The standard InChI is InChI=1S/C20H25N5O3/c1-12-6-16-17(7-13(12)2)23-19(22-16)9-21-20(27)18-8-15(28-24-18)11-25-5-3-4-14(26)10-25/h6-8,14,26H,3-5,9-11H2,1-2H3,(H,21,27)(H,22,23). The molecular weight excluding hydrogens is 358 g/mol. The molecule has 3 heterocycles. The second kappa shape index (κ2) is 7.73. The number of nitrogens with one attached hydrogen (secondary N) is 2. The number of carbonyl (C=O) groups is 1. The van der Waals surface area contributed by atoms with Gasteiger partial charge in [-0.2, -0.15) is 0 Å². The lowest BCUT2D eigenvalue weighted by Gasteiger charge is -2.28. The van der Waals surface area contributed by atoms with Gasteiger partial charge in [-0.25, -0.2) is 4.98 Å². The molecule has 1 unspecified atom stereocenters. The molecule has 3 aromatic rings. The minimum Gasteiger partial charge on any atom is -0.392 e. The summed E-state index contributed by atoms with van der Waals surface area (Å²) in [7, 11) is 0. The summed E-state index contributed by atoms with van der Waals surface area (Å²) in [6.07, 6.45) is 1.50. The van der Waals surface area contributed by atoms with Crippen LogP contribution in [0.1, 0.15) is 46.0 Å². The Kier molecular flexibility index (Phi) is 5.15. The fourth-order valence-corrected chi connectivity index (χ4v) is 3.55. The number of likely N-dealkylation sites (tertiary alicyclic amines) is 1. The number of hydrogen-bond donors (Lipinski definition) is 3. The molecule has 3 N–H and O–H groups in total. The van der Waals surface area contributed by atoms with E-state index in [0.29, 0.717) is 24.7 Å². The van der Waals surface area contributed by atoms with E-state index in [9.17, 15) is 9.90 Å². The van der Waals surface area contributed by atoms with Crippen molar-refractivity contribution < 1.29 is 14.4 Å². The highest BCUT2D eigenvalue weighted by atomic mass is 16.5. The van der Waals surface area contributed by atoms with Gasteiger partial charge in [-0.05, 0) is 56.5 Å². The summed E-state index contributed by atoms with van der Waals surface area (Å²) in [6, 6.07) is 5.75. The number of benzene rings is 1. The number of β-amino-alcohol motifs (C(OH)–C–C–N with tert-alkyl or cyclic N) is 1. The molecule has 8 nitrogen and oxygen atoms in total. The molecule has 8 heteroatoms. The van der Waals surface area contributed by atoms with E-state index in [1.165, 1.54) is 11.1 Å². The molecule has 28 heavy (non-hydrogen) atoms. The fraction of sp³-hybridized carbons (Fsp3) is 0.450. The largest absolute Gasteiger partial charge is 0.392 e. The molecule has 4 rings (SSSR count). The van der Waals surface area contributed by atoms with Gasteiger partial charge in [-0.3, -0.25) is 9.69 Å². The quantitative estimate of drug-likeness (QED) is 0.622. The smallest absolute Gasteiger partial charge is 0.273 e. The van der Waals surface area contributed by atoms with Gasteiger partial charge >= 0.3 is 0 Å². The number of carbonyl (C=O) groups excluding carboxylic acids is 1. The Morgan fingerprint density at radius 3 is 3.00 bits per heavy atom. The monoisotopic (exact) mass is 383 g/mol. The number of nitrogens with zero attached hydrogens (tertiary/aromatic N) is 3. The number of aryl methyl sites for hydroxylation is 2. The maximum Gasteiger partial charge on any atom is 0.273 e. The summed E-state index contributed by atoms with van der Waals surface area (Å²) >= 11 is 0. The van der Waals surface area contributed by atoms with Crippen LogP contribution in [-0.2, 0) is 13.1 Å². The number of aliphatic hydroxyl groups excluding tert-OH is 1. The Balaban J connectivity index is 1.36. The van der Waals surface area contributed by atoms with Crippen LogP contribution in [0.2, 0.25) is 0 Å². The summed E-state index contributed by atoms with van der Waals surface area (Å²) in [5.74, 6) is 1.01. The van der Waals surface area contributed by atoms with Crippen molar-refractivity contribution in [2.75, 3.05) is 13.1 Å². The van der Waals surface area contributed by atoms with Crippen molar-refractivity contribution in [1.29, 1.82) is 0 Å². The molecule has 1 saturated heterocycles. The van der Waals surface area contributed by atoms with Gasteiger partial charge in [0, 0.05) is 12.6 Å². The Bertz CT molecular complexity index is 954. The molecule has 1 aliphatic heterocycles. The summed E-state index contributed by atoms with van der Waals surface area (Å²) in [6.45, 7) is 6.46. The van der Waals surface area contributed by atoms with E-state index >= 15 is 0 Å². The normalized spacial score (nSPS) is 17.9. The SMILES string of the molecule is Cc1cc2nc(CNC(=O)c3cc(CN4CCCC(O)C4)on3)[nH]c2cc1C. The van der Waals surface area contributed by atoms with Crippen molar-refractivity contribution in [2.45, 2.75) is 45.9 Å². The predicted molar refractivity (Wildman–Crippen MR) is 104 cm³/mol. The molecular formula is C20H25N5O3. The zero-order chi connectivity index (χ0) is 19.7. The average Bonchev–Trinajstić information content (AvgIpc) is 3.27. The summed E-state index contributed by atoms with van der Waals surface area (Å²) in [5.41, 5.74) is 4.48. The predicted octanol–water partition coefficient (Wildman–Crippen LogP) is 2.05. The number of aliphatic hydroxyl groups is 1. The summed E-state index contributed by atoms with van der Waals surface area (Å²) < 4.78 is 5.29. The van der Waals surface area contributed by atoms with E-state index < -0.39 is 0 Å². The van der Waals surface area contributed by atoms with E-state index in [0.717, 1.165) is 30.4 Å². The number of aromatic amines is 1. The van der Waals surface area contributed by atoms with Gasteiger partial charge in [0.15, 0.2) is 11.5 Å². The zero-order valence-corrected chi connectivity index (χ0v) is 16.2. The minimum atomic E-state index is -0.304. The van der Waals surface area contributed by atoms with Crippen LogP contribution < -0.4 is 5.32 Å². The highest BCUT2D eigenvalue weighted by Crippen LogP contribution is 2.17. The molecule has 1 fully saturated rings. The first kappa shape index (κ1) is 18.6. The van der Waals surface area contributed by atoms with Crippen LogP contribution in [0.5, 0.6) is 0 Å². The van der Waals surface area contributed by atoms with E-state index in [4.69, 9.17) is 4.52 Å². The summed E-state index contributed by atoms with van der Waals surface area (Å²) in [5, 5.41) is 16.4. The van der Waals surface area contributed by atoms with Crippen LogP contribution in [0.3, 0.4) is 0 Å². The van der Waals surface area contributed by atoms with Crippen LogP contribution in [0.15, 0.2) is 22.7 Å². The zero-order valence-electron chi connectivity index (χ0n) is 16.2. The van der Waals surface area contributed by atoms with Crippen molar-refractivity contribution >= 4 is 16.9 Å². The van der Waals surface area contributed by atoms with Crippen molar-refractivity contribution in [3.05, 3.63) is 46.6 Å². The highest BCUT2D eigenvalue weighted by molar-refractivity contribution is 5.92. The van der Waals surface area contributed by atoms with Gasteiger partial charge in [0.1, 0.15) is 5.82 Å². The van der Waals surface area contributed by atoms with Crippen molar-refractivity contribution in [3.8, 4) is 0 Å². The maximum absolute atomic E-state index is 12.4. The van der Waals surface area contributed by atoms with Crippen molar-refractivity contribution in [3.63, 3.8) is 0 Å². The Morgan fingerprint density at radius 1 is 1.36 bits per heavy atom. The van der Waals surface area contributed by atoms with E-state index in [1.807, 2.05) is 6.07 Å². The molecule has 2 aromatic heterocycles. The first-order chi connectivity index (χ1) is 13.5. The lowest BCUT2D eigenvalue weighted by Crippen LogP contribution is -2.37. The van der Waals surface area contributed by atoms with Crippen LogP contribution >= 0.6 is 0 Å². The van der Waals surface area contributed by atoms with Gasteiger partial charge in [0.05, 0.1) is 30.2 Å². The number of aromatic nitrogens is 3. The van der Waals surface area contributed by atoms with Gasteiger partial charge in [0.25, 0.3) is 5.91 Å². The summed E-state index contributed by atoms with van der Waals surface area (Å²) in [4.78, 5) is 22.2. The van der Waals surface area contributed by atoms with Gasteiger partial charge < -0.3 is 19.9 Å². The van der Waals surface area contributed by atoms with Crippen LogP contribution in [0.4, 0.5) is 0 Å². The van der Waals surface area contributed by atoms with Gasteiger partial charge in [-0.15, -0.1) is 0 Å². The first-order valence-corrected chi connectivity index (χ1v) is 9.58. The third-order valence-electron chi connectivity index (χ3n) is 5.21. The van der Waals surface area contributed by atoms with Gasteiger partial charge in [0.2, 0.25) is 0 Å². The molecule has 0 aliphatic carbocycles. The van der Waals surface area contributed by atoms with Crippen LogP contribution in [0, 0.1) is 13.8 Å². The number of rotatable bonds is 5. The second-order valence-electron chi connectivity index (χ2n) is 7.53. The van der Waals surface area contributed by atoms with Gasteiger partial charge in [-0.1, -0.05) is 5.16 Å². The molecule has 0 radical (unpaired) electrons. The fourth-order valence-electron chi connectivity index (χ4n) is 3.55. The van der Waals surface area contributed by atoms with E-state index in [-0.39, 0.29) is 24.2 Å². The number of hydrogen-bond acceptors (Lipinski definition) is 6. The molecule has 1 atom stereocenters. The van der Waals surface area contributed by atoms with E-state index in [1.54, 1.807) is 6.07 Å². The third-order valence-corrected chi connectivity index (χ3v) is 5.21. The highest BCUT2D eigenvalue weighted by Gasteiger charge is 2.20. The number of H-pyrrole nitrogens is 1. The van der Waals surface area contributed by atoms with Crippen LogP contribution in [0.25, 0.3) is 11.0 Å². The Morgan fingerprint density at radius 2 is 2.18 bits per heavy atom. The maximum atomic E-state index is 12.4. The molecule has 1 aromatic carbocycles. The Hall–Kier alpha value is -2.71. The molecule has 148 valence electrons. The minimum absolute atomic E-state index is 0.246. The molecule has 1 aliphatic rings. The lowest BCUT2D eigenvalue weighted by atomic mass is 10.1. The number of imidazole rings is 1. The molecule has 0 saturated carbocycles. The first-order valence-electron chi connectivity index (χ1n) is 9.58. The molecule has 0 spiro atoms. The lowest BCUT2D eigenvalue weighted by molar-refractivity contribution is 0.0622. The topological polar surface area (TPSA) is 107 Å². The Labute approximate surface area is 162 Å². The van der Waals surface area contributed by atoms with E-state index in [2.05, 4.69) is 45.3 Å². The number of piperidine rings is 1. The number of fused-ring (bicyclic) bond motifs is 1. The third kappa shape index (κ3) is 4.07. The molecule has 1 amide bonds. The average molecular weight is 383 g/mol.